The predicted molar refractivity (Wildman–Crippen MR) is 105 cm³/mol. The molecule has 7 nitrogen and oxygen atoms in total. The van der Waals surface area contributed by atoms with Gasteiger partial charge in [0.2, 0.25) is 11.9 Å². The summed E-state index contributed by atoms with van der Waals surface area (Å²) in [5.41, 5.74) is -0.535. The zero-order chi connectivity index (χ0) is 21.6. The Hall–Kier alpha value is -3.60. The molecule has 2 aromatic carbocycles. The molecule has 0 aliphatic carbocycles. The van der Waals surface area contributed by atoms with Crippen LogP contribution in [0.5, 0.6) is 11.5 Å². The van der Waals surface area contributed by atoms with Gasteiger partial charge < -0.3 is 14.8 Å². The molecule has 0 spiro atoms. The van der Waals surface area contributed by atoms with Crippen molar-refractivity contribution in [3.05, 3.63) is 65.5 Å². The lowest BCUT2D eigenvalue weighted by molar-refractivity contribution is -0.143. The fraction of sp³-hybridized carbons (Fsp3) is 0.150. The van der Waals surface area contributed by atoms with Crippen LogP contribution in [0, 0.1) is 0 Å². The summed E-state index contributed by atoms with van der Waals surface area (Å²) in [6.07, 6.45) is -3.90. The monoisotopic (exact) mass is 446 g/mol. The zero-order valence-corrected chi connectivity index (χ0v) is 16.5. The minimum absolute atomic E-state index is 0.0130. The maximum atomic E-state index is 13.9. The van der Waals surface area contributed by atoms with Crippen LogP contribution >= 0.6 is 11.3 Å². The standard InChI is InChI=1S/C20H13F3N4O3S/c21-20(22,23)17-12(9-25-27(17)19-26-13-3-1-2-4-16(13)31-19)18(28)24-8-11-5-6-14-15(7-11)30-10-29-14/h1-7,9H,8,10H2,(H,24,28). The van der Waals surface area contributed by atoms with E-state index in [1.807, 2.05) is 0 Å². The van der Waals surface area contributed by atoms with Gasteiger partial charge in [0.15, 0.2) is 17.2 Å². The number of rotatable bonds is 4. The van der Waals surface area contributed by atoms with E-state index in [1.54, 1.807) is 42.5 Å². The lowest BCUT2D eigenvalue weighted by atomic mass is 10.2. The lowest BCUT2D eigenvalue weighted by Crippen LogP contribution is -2.26. The number of hydrogen-bond acceptors (Lipinski definition) is 6. The molecule has 1 amide bonds. The third-order valence-electron chi connectivity index (χ3n) is 4.64. The number of halogens is 3. The number of aromatic nitrogens is 3. The van der Waals surface area contributed by atoms with Crippen LogP contribution in [0.3, 0.4) is 0 Å². The molecule has 31 heavy (non-hydrogen) atoms. The van der Waals surface area contributed by atoms with Gasteiger partial charge in [0.25, 0.3) is 5.91 Å². The maximum Gasteiger partial charge on any atom is 0.434 e. The molecule has 4 aromatic rings. The average Bonchev–Trinajstić information content (AvgIpc) is 3.47. The summed E-state index contributed by atoms with van der Waals surface area (Å²) < 4.78 is 53.5. The van der Waals surface area contributed by atoms with E-state index in [-0.39, 0.29) is 18.5 Å². The molecule has 0 saturated heterocycles. The minimum Gasteiger partial charge on any atom is -0.454 e. The van der Waals surface area contributed by atoms with Crippen molar-refractivity contribution in [1.82, 2.24) is 20.1 Å². The third-order valence-corrected chi connectivity index (χ3v) is 5.65. The van der Waals surface area contributed by atoms with Crippen molar-refractivity contribution in [2.45, 2.75) is 12.7 Å². The quantitative estimate of drug-likeness (QED) is 0.509. The van der Waals surface area contributed by atoms with Crippen LogP contribution in [0.1, 0.15) is 21.6 Å². The molecule has 158 valence electrons. The first-order valence-corrected chi connectivity index (χ1v) is 9.90. The minimum atomic E-state index is -4.81. The summed E-state index contributed by atoms with van der Waals surface area (Å²) >= 11 is 1.06. The average molecular weight is 446 g/mol. The second-order valence-electron chi connectivity index (χ2n) is 6.65. The summed E-state index contributed by atoms with van der Waals surface area (Å²) in [5.74, 6) is 0.204. The fourth-order valence-corrected chi connectivity index (χ4v) is 4.14. The molecular formula is C20H13F3N4O3S. The fourth-order valence-electron chi connectivity index (χ4n) is 3.21. The van der Waals surface area contributed by atoms with Crippen LogP contribution in [0.2, 0.25) is 0 Å². The molecule has 1 aliphatic heterocycles. The van der Waals surface area contributed by atoms with Crippen molar-refractivity contribution in [1.29, 1.82) is 0 Å². The van der Waals surface area contributed by atoms with Gasteiger partial charge >= 0.3 is 6.18 Å². The SMILES string of the molecule is O=C(NCc1ccc2c(c1)OCO2)c1cnn(-c2nc3ccccc3s2)c1C(F)(F)F. The van der Waals surface area contributed by atoms with Gasteiger partial charge in [-0.15, -0.1) is 0 Å². The van der Waals surface area contributed by atoms with Gasteiger partial charge in [-0.2, -0.15) is 18.3 Å². The number of nitrogens with one attached hydrogen (secondary N) is 1. The van der Waals surface area contributed by atoms with E-state index in [0.29, 0.717) is 27.3 Å². The molecule has 0 unspecified atom stereocenters. The number of thiazole rings is 1. The largest absolute Gasteiger partial charge is 0.454 e. The van der Waals surface area contributed by atoms with Crippen LogP contribution < -0.4 is 14.8 Å². The highest BCUT2D eigenvalue weighted by atomic mass is 32.1. The highest BCUT2D eigenvalue weighted by molar-refractivity contribution is 7.20. The number of fused-ring (bicyclic) bond motifs is 2. The van der Waals surface area contributed by atoms with E-state index in [2.05, 4.69) is 15.4 Å². The van der Waals surface area contributed by atoms with Crippen molar-refractivity contribution in [3.8, 4) is 16.6 Å². The van der Waals surface area contributed by atoms with Crippen LogP contribution in [0.15, 0.2) is 48.7 Å². The number of carbonyl (C=O) groups excluding carboxylic acids is 1. The Bertz CT molecular complexity index is 1270. The number of para-hydroxylation sites is 1. The summed E-state index contributed by atoms with van der Waals surface area (Å²) in [4.78, 5) is 16.8. The smallest absolute Gasteiger partial charge is 0.434 e. The van der Waals surface area contributed by atoms with E-state index in [1.165, 1.54) is 0 Å². The van der Waals surface area contributed by atoms with Crippen LogP contribution in [0.4, 0.5) is 13.2 Å². The molecular weight excluding hydrogens is 433 g/mol. The van der Waals surface area contributed by atoms with Crippen molar-refractivity contribution in [2.24, 2.45) is 0 Å². The molecule has 0 fully saturated rings. The second kappa shape index (κ2) is 7.27. The van der Waals surface area contributed by atoms with Gasteiger partial charge in [0.1, 0.15) is 0 Å². The van der Waals surface area contributed by atoms with Crippen molar-refractivity contribution in [2.75, 3.05) is 6.79 Å². The van der Waals surface area contributed by atoms with E-state index >= 15 is 0 Å². The molecule has 1 N–H and O–H groups in total. The number of alkyl halides is 3. The van der Waals surface area contributed by atoms with E-state index in [0.717, 1.165) is 22.2 Å². The number of ether oxygens (including phenoxy) is 2. The maximum absolute atomic E-state index is 13.9. The van der Waals surface area contributed by atoms with Gasteiger partial charge in [-0.1, -0.05) is 29.5 Å². The Kier molecular flexibility index (Phi) is 4.54. The predicted octanol–water partition coefficient (Wildman–Crippen LogP) is 4.16. The van der Waals surface area contributed by atoms with E-state index < -0.39 is 23.3 Å². The van der Waals surface area contributed by atoms with Gasteiger partial charge in [-0.3, -0.25) is 4.79 Å². The van der Waals surface area contributed by atoms with Gasteiger partial charge in [-0.05, 0) is 29.8 Å². The molecule has 2 aromatic heterocycles. The molecule has 3 heterocycles. The Balaban J connectivity index is 1.44. The molecule has 0 radical (unpaired) electrons. The molecule has 5 rings (SSSR count). The molecule has 1 aliphatic rings. The zero-order valence-electron chi connectivity index (χ0n) is 15.6. The Morgan fingerprint density at radius 1 is 1.16 bits per heavy atom. The van der Waals surface area contributed by atoms with Gasteiger partial charge in [0.05, 0.1) is 22.0 Å². The number of carbonyl (C=O) groups is 1. The van der Waals surface area contributed by atoms with E-state index in [9.17, 15) is 18.0 Å². The summed E-state index contributed by atoms with van der Waals surface area (Å²) in [7, 11) is 0. The first-order chi connectivity index (χ1) is 14.9. The Labute approximate surface area is 177 Å². The van der Waals surface area contributed by atoms with Gasteiger partial charge in [-0.25, -0.2) is 9.67 Å². The normalized spacial score (nSPS) is 13.0. The third kappa shape index (κ3) is 3.56. The topological polar surface area (TPSA) is 78.3 Å². The number of benzene rings is 2. The molecule has 0 bridgehead atoms. The van der Waals surface area contributed by atoms with Crippen molar-refractivity contribution < 1.29 is 27.4 Å². The first-order valence-electron chi connectivity index (χ1n) is 9.08. The Morgan fingerprint density at radius 2 is 1.97 bits per heavy atom. The van der Waals surface area contributed by atoms with Gasteiger partial charge in [0, 0.05) is 6.54 Å². The van der Waals surface area contributed by atoms with Crippen molar-refractivity contribution in [3.63, 3.8) is 0 Å². The van der Waals surface area contributed by atoms with E-state index in [4.69, 9.17) is 9.47 Å². The second-order valence-corrected chi connectivity index (χ2v) is 7.66. The van der Waals surface area contributed by atoms with Crippen LogP contribution in [-0.4, -0.2) is 27.5 Å². The summed E-state index contributed by atoms with van der Waals surface area (Å²) in [6.45, 7) is 0.115. The lowest BCUT2D eigenvalue weighted by Gasteiger charge is -2.11. The number of hydrogen-bond donors (Lipinski definition) is 1. The highest BCUT2D eigenvalue weighted by Gasteiger charge is 2.41. The van der Waals surface area contributed by atoms with Crippen LogP contribution in [0.25, 0.3) is 15.3 Å². The summed E-state index contributed by atoms with van der Waals surface area (Å²) in [6, 6.07) is 12.0. The molecule has 0 saturated carbocycles. The first kappa shape index (κ1) is 19.4. The van der Waals surface area contributed by atoms with Crippen LogP contribution in [-0.2, 0) is 12.7 Å². The number of nitrogens with zero attached hydrogens (tertiary/aromatic N) is 3. The Morgan fingerprint density at radius 3 is 2.77 bits per heavy atom. The molecule has 0 atom stereocenters. The highest BCUT2D eigenvalue weighted by Crippen LogP contribution is 2.36. The number of amides is 1. The van der Waals surface area contributed by atoms with Crippen molar-refractivity contribution >= 4 is 27.5 Å². The molecule has 11 heteroatoms. The summed E-state index contributed by atoms with van der Waals surface area (Å²) in [5, 5.41) is 6.35.